The van der Waals surface area contributed by atoms with Crippen molar-refractivity contribution in [2.45, 2.75) is 12.5 Å². The van der Waals surface area contributed by atoms with Crippen molar-refractivity contribution in [3.63, 3.8) is 0 Å². The first kappa shape index (κ1) is 13.2. The summed E-state index contributed by atoms with van der Waals surface area (Å²) < 4.78 is 0. The maximum absolute atomic E-state index is 5.94. The number of nitrogens with one attached hydrogen (secondary N) is 1. The molecule has 4 nitrogen and oxygen atoms in total. The van der Waals surface area contributed by atoms with Gasteiger partial charge in [0.15, 0.2) is 0 Å². The van der Waals surface area contributed by atoms with E-state index in [0.717, 1.165) is 33.8 Å². The molecular weight excluding hydrogens is 296 g/mol. The van der Waals surface area contributed by atoms with E-state index >= 15 is 0 Å². The van der Waals surface area contributed by atoms with Crippen LogP contribution in [0.2, 0.25) is 5.02 Å². The van der Waals surface area contributed by atoms with Gasteiger partial charge in [-0.2, -0.15) is 5.10 Å². The van der Waals surface area contributed by atoms with Crippen molar-refractivity contribution in [1.82, 2.24) is 15.4 Å². The van der Waals surface area contributed by atoms with Crippen LogP contribution in [0.25, 0.3) is 11.0 Å². The zero-order valence-electron chi connectivity index (χ0n) is 11.7. The van der Waals surface area contributed by atoms with Crippen LogP contribution in [0, 0.1) is 0 Å². The molecule has 2 aromatic carbocycles. The molecule has 0 fully saturated rings. The zero-order valence-corrected chi connectivity index (χ0v) is 12.5. The van der Waals surface area contributed by atoms with Crippen molar-refractivity contribution < 1.29 is 0 Å². The highest BCUT2D eigenvalue weighted by Gasteiger charge is 2.21. The Morgan fingerprint density at radius 2 is 1.73 bits per heavy atom. The molecule has 108 valence electrons. The fourth-order valence-electron chi connectivity index (χ4n) is 2.65. The first-order chi connectivity index (χ1) is 10.8. The predicted octanol–water partition coefficient (Wildman–Crippen LogP) is 3.72. The summed E-state index contributed by atoms with van der Waals surface area (Å²) in [7, 11) is 0. The van der Waals surface area contributed by atoms with Gasteiger partial charge in [0.25, 0.3) is 0 Å². The quantitative estimate of drug-likeness (QED) is 0.785. The average molecular weight is 309 g/mol. The van der Waals surface area contributed by atoms with Gasteiger partial charge in [0.2, 0.25) is 0 Å². The van der Waals surface area contributed by atoms with E-state index in [-0.39, 0.29) is 6.04 Å². The molecule has 0 saturated carbocycles. The average Bonchev–Trinajstić information content (AvgIpc) is 3.05. The minimum Gasteiger partial charge on any atom is -0.302 e. The monoisotopic (exact) mass is 308 g/mol. The van der Waals surface area contributed by atoms with Crippen molar-refractivity contribution >= 4 is 28.3 Å². The third-order valence-electron chi connectivity index (χ3n) is 3.83. The predicted molar refractivity (Wildman–Crippen MR) is 88.0 cm³/mol. The topological polar surface area (TPSA) is 50.2 Å². The number of benzene rings is 2. The van der Waals surface area contributed by atoms with Crippen LogP contribution in [0.4, 0.5) is 0 Å². The Bertz CT molecular complexity index is 858. The van der Waals surface area contributed by atoms with Crippen molar-refractivity contribution in [3.8, 4) is 0 Å². The largest absolute Gasteiger partial charge is 0.302 e. The highest BCUT2D eigenvalue weighted by Crippen LogP contribution is 2.26. The second kappa shape index (κ2) is 5.39. The molecule has 5 heteroatoms. The summed E-state index contributed by atoms with van der Waals surface area (Å²) in [4.78, 5) is 8.64. The van der Waals surface area contributed by atoms with Crippen LogP contribution in [0.1, 0.15) is 23.6 Å². The number of aromatic nitrogens is 2. The smallest absolute Gasteiger partial charge is 0.0893 e. The standard InChI is InChI=1S/C17H13ClN4/c18-13-4-1-11(2-5-13)15-10-16(22-21-15)12-3-6-14-17(9-12)20-8-7-19-14/h1-9,15,21H,10H2. The Kier molecular flexibility index (Phi) is 3.24. The summed E-state index contributed by atoms with van der Waals surface area (Å²) >= 11 is 5.94. The number of rotatable bonds is 2. The van der Waals surface area contributed by atoms with E-state index in [1.165, 1.54) is 5.56 Å². The zero-order chi connectivity index (χ0) is 14.9. The number of fused-ring (bicyclic) bond motifs is 1. The number of hydrogen-bond donors (Lipinski definition) is 1. The lowest BCUT2D eigenvalue weighted by Crippen LogP contribution is -2.09. The lowest BCUT2D eigenvalue weighted by atomic mass is 9.99. The SMILES string of the molecule is Clc1ccc(C2CC(c3ccc4nccnc4c3)=NN2)cc1. The van der Waals surface area contributed by atoms with Crippen LogP contribution in [0.15, 0.2) is 60.0 Å². The molecule has 22 heavy (non-hydrogen) atoms. The fourth-order valence-corrected chi connectivity index (χ4v) is 2.78. The molecular formula is C17H13ClN4. The molecule has 0 saturated heterocycles. The van der Waals surface area contributed by atoms with Crippen molar-refractivity contribution in [1.29, 1.82) is 0 Å². The van der Waals surface area contributed by atoms with E-state index < -0.39 is 0 Å². The molecule has 0 radical (unpaired) electrons. The first-order valence-corrected chi connectivity index (χ1v) is 7.46. The Morgan fingerprint density at radius 1 is 0.955 bits per heavy atom. The first-order valence-electron chi connectivity index (χ1n) is 7.08. The summed E-state index contributed by atoms with van der Waals surface area (Å²) in [5, 5.41) is 5.22. The number of nitrogens with zero attached hydrogens (tertiary/aromatic N) is 3. The van der Waals surface area contributed by atoms with Crippen molar-refractivity contribution in [2.75, 3.05) is 0 Å². The van der Waals surface area contributed by atoms with E-state index in [0.29, 0.717) is 0 Å². The number of hydrogen-bond acceptors (Lipinski definition) is 4. The van der Waals surface area contributed by atoms with Gasteiger partial charge < -0.3 is 5.43 Å². The highest BCUT2D eigenvalue weighted by atomic mass is 35.5. The Morgan fingerprint density at radius 3 is 2.55 bits per heavy atom. The van der Waals surface area contributed by atoms with E-state index in [1.54, 1.807) is 12.4 Å². The third kappa shape index (κ3) is 2.42. The fraction of sp³-hybridized carbons (Fsp3) is 0.118. The van der Waals surface area contributed by atoms with Crippen LogP contribution in [0.5, 0.6) is 0 Å². The van der Waals surface area contributed by atoms with Crippen LogP contribution in [-0.4, -0.2) is 15.7 Å². The third-order valence-corrected chi connectivity index (χ3v) is 4.08. The Labute approximate surface area is 132 Å². The van der Waals surface area contributed by atoms with Gasteiger partial charge in [-0.05, 0) is 29.8 Å². The second-order valence-electron chi connectivity index (χ2n) is 5.26. The normalized spacial score (nSPS) is 17.3. The minimum absolute atomic E-state index is 0.185. The van der Waals surface area contributed by atoms with Gasteiger partial charge in [0.1, 0.15) is 0 Å². The van der Waals surface area contributed by atoms with Crippen LogP contribution in [-0.2, 0) is 0 Å². The van der Waals surface area contributed by atoms with Gasteiger partial charge in [0, 0.05) is 29.4 Å². The molecule has 0 bridgehead atoms. The molecule has 1 unspecified atom stereocenters. The van der Waals surface area contributed by atoms with E-state index in [1.807, 2.05) is 42.5 Å². The lowest BCUT2D eigenvalue weighted by Gasteiger charge is -2.10. The molecule has 2 heterocycles. The summed E-state index contributed by atoms with van der Waals surface area (Å²) in [5.41, 5.74) is 8.28. The number of hydrazone groups is 1. The van der Waals surface area contributed by atoms with Crippen LogP contribution >= 0.6 is 11.6 Å². The number of halogens is 1. The minimum atomic E-state index is 0.185. The molecule has 4 rings (SSSR count). The molecule has 0 aliphatic carbocycles. The summed E-state index contributed by atoms with van der Waals surface area (Å²) in [5.74, 6) is 0. The maximum atomic E-state index is 5.94. The molecule has 1 N–H and O–H groups in total. The van der Waals surface area contributed by atoms with Gasteiger partial charge in [-0.15, -0.1) is 0 Å². The molecule has 0 amide bonds. The van der Waals surface area contributed by atoms with Gasteiger partial charge in [0.05, 0.1) is 22.8 Å². The van der Waals surface area contributed by atoms with E-state index in [2.05, 4.69) is 20.5 Å². The molecule has 1 atom stereocenters. The lowest BCUT2D eigenvalue weighted by molar-refractivity contribution is 0.620. The van der Waals surface area contributed by atoms with E-state index in [9.17, 15) is 0 Å². The maximum Gasteiger partial charge on any atom is 0.0893 e. The van der Waals surface area contributed by atoms with Crippen molar-refractivity contribution in [3.05, 3.63) is 71.0 Å². The van der Waals surface area contributed by atoms with E-state index in [4.69, 9.17) is 11.6 Å². The van der Waals surface area contributed by atoms with Gasteiger partial charge >= 0.3 is 0 Å². The molecule has 1 aliphatic rings. The second-order valence-corrected chi connectivity index (χ2v) is 5.69. The van der Waals surface area contributed by atoms with Crippen LogP contribution < -0.4 is 5.43 Å². The molecule has 3 aromatic rings. The van der Waals surface area contributed by atoms with Gasteiger partial charge in [-0.1, -0.05) is 29.8 Å². The molecule has 0 spiro atoms. The molecule has 1 aliphatic heterocycles. The highest BCUT2D eigenvalue weighted by molar-refractivity contribution is 6.30. The summed E-state index contributed by atoms with van der Waals surface area (Å²) in [6.45, 7) is 0. The van der Waals surface area contributed by atoms with Gasteiger partial charge in [-0.3, -0.25) is 9.97 Å². The molecule has 1 aromatic heterocycles. The van der Waals surface area contributed by atoms with Gasteiger partial charge in [-0.25, -0.2) is 0 Å². The van der Waals surface area contributed by atoms with Crippen molar-refractivity contribution in [2.24, 2.45) is 5.10 Å². The van der Waals surface area contributed by atoms with Crippen LogP contribution in [0.3, 0.4) is 0 Å². The Hall–Kier alpha value is -2.46. The summed E-state index contributed by atoms with van der Waals surface area (Å²) in [6.07, 6.45) is 4.25. The summed E-state index contributed by atoms with van der Waals surface area (Å²) in [6, 6.07) is 14.1. The Balaban J connectivity index is 1.59.